The number of nitrogens with one attached hydrogen (secondary N) is 1. The summed E-state index contributed by atoms with van der Waals surface area (Å²) < 4.78 is 45.2. The van der Waals surface area contributed by atoms with Gasteiger partial charge in [0.2, 0.25) is 0 Å². The highest BCUT2D eigenvalue weighted by Gasteiger charge is 2.32. The number of benzene rings is 1. The first-order valence-corrected chi connectivity index (χ1v) is 10.4. The van der Waals surface area contributed by atoms with Crippen LogP contribution in [0.2, 0.25) is 0 Å². The van der Waals surface area contributed by atoms with E-state index in [0.717, 1.165) is 11.3 Å². The van der Waals surface area contributed by atoms with Gasteiger partial charge in [0.15, 0.2) is 4.21 Å². The van der Waals surface area contributed by atoms with E-state index >= 15 is 0 Å². The number of sulfonamides is 1. The Morgan fingerprint density at radius 2 is 1.88 bits per heavy atom. The zero-order valence-corrected chi connectivity index (χ0v) is 15.8. The van der Waals surface area contributed by atoms with Gasteiger partial charge < -0.3 is 10.1 Å². The number of amides is 1. The summed E-state index contributed by atoms with van der Waals surface area (Å²) in [5, 5.41) is 4.56. The van der Waals surface area contributed by atoms with Crippen LogP contribution in [0.4, 0.5) is 4.39 Å². The lowest BCUT2D eigenvalue weighted by Gasteiger charge is -2.31. The molecule has 26 heavy (non-hydrogen) atoms. The average Bonchev–Trinajstić information content (AvgIpc) is 3.12. The molecule has 1 aromatic heterocycles. The predicted octanol–water partition coefficient (Wildman–Crippen LogP) is 2.48. The molecule has 0 spiro atoms. The van der Waals surface area contributed by atoms with Crippen molar-refractivity contribution in [2.75, 3.05) is 20.2 Å². The fourth-order valence-corrected chi connectivity index (χ4v) is 5.73. The Hall–Kier alpha value is -1.97. The zero-order valence-electron chi connectivity index (χ0n) is 14.1. The van der Waals surface area contributed by atoms with Crippen LogP contribution < -0.4 is 10.1 Å². The Morgan fingerprint density at radius 1 is 1.23 bits per heavy atom. The van der Waals surface area contributed by atoms with Gasteiger partial charge in [-0.05, 0) is 48.6 Å². The second kappa shape index (κ2) is 7.73. The van der Waals surface area contributed by atoms with E-state index in [1.54, 1.807) is 11.4 Å². The molecule has 2 aromatic rings. The Morgan fingerprint density at radius 3 is 2.50 bits per heavy atom. The standard InChI is InChI=1S/C17H19FN2O4S2/c1-24-15-8-11-25-17(15)26(22,23)20-9-6-14(7-10-20)19-16(21)12-2-4-13(18)5-3-12/h2-5,8,11,14H,6-7,9-10H2,1H3,(H,19,21). The van der Waals surface area contributed by atoms with Crippen molar-refractivity contribution in [2.24, 2.45) is 0 Å². The van der Waals surface area contributed by atoms with Crippen LogP contribution in [0.15, 0.2) is 39.9 Å². The lowest BCUT2D eigenvalue weighted by Crippen LogP contribution is -2.46. The molecule has 1 aliphatic heterocycles. The quantitative estimate of drug-likeness (QED) is 0.840. The van der Waals surface area contributed by atoms with E-state index in [4.69, 9.17) is 4.74 Å². The molecule has 1 amide bonds. The highest BCUT2D eigenvalue weighted by atomic mass is 32.2. The van der Waals surface area contributed by atoms with E-state index < -0.39 is 15.8 Å². The molecule has 1 aromatic carbocycles. The van der Waals surface area contributed by atoms with Gasteiger partial charge in [0.25, 0.3) is 15.9 Å². The van der Waals surface area contributed by atoms with Gasteiger partial charge in [-0.3, -0.25) is 4.79 Å². The van der Waals surface area contributed by atoms with E-state index in [2.05, 4.69) is 5.32 Å². The smallest absolute Gasteiger partial charge is 0.256 e. The summed E-state index contributed by atoms with van der Waals surface area (Å²) in [7, 11) is -2.16. The number of rotatable bonds is 5. The number of piperidine rings is 1. The van der Waals surface area contributed by atoms with E-state index in [1.807, 2.05) is 0 Å². The van der Waals surface area contributed by atoms with Gasteiger partial charge in [0.1, 0.15) is 11.6 Å². The number of carbonyl (C=O) groups excluding carboxylic acids is 1. The Labute approximate surface area is 155 Å². The number of ether oxygens (including phenoxy) is 1. The number of hydrogen-bond acceptors (Lipinski definition) is 5. The van der Waals surface area contributed by atoms with Crippen LogP contribution in [0.3, 0.4) is 0 Å². The summed E-state index contributed by atoms with van der Waals surface area (Å²) in [5.41, 5.74) is 0.379. The molecule has 0 bridgehead atoms. The topological polar surface area (TPSA) is 75.7 Å². The summed E-state index contributed by atoms with van der Waals surface area (Å²) in [5.74, 6) is -0.336. The van der Waals surface area contributed by atoms with Crippen LogP contribution in [0.25, 0.3) is 0 Å². The van der Waals surface area contributed by atoms with E-state index in [9.17, 15) is 17.6 Å². The van der Waals surface area contributed by atoms with Crippen molar-refractivity contribution in [3.8, 4) is 5.75 Å². The molecule has 3 rings (SSSR count). The molecule has 0 aliphatic carbocycles. The van der Waals surface area contributed by atoms with Crippen molar-refractivity contribution in [1.29, 1.82) is 0 Å². The lowest BCUT2D eigenvalue weighted by molar-refractivity contribution is 0.0924. The number of carbonyl (C=O) groups is 1. The SMILES string of the molecule is COc1ccsc1S(=O)(=O)N1CCC(NC(=O)c2ccc(F)cc2)CC1. The second-order valence-corrected chi connectivity index (χ2v) is 8.98. The van der Waals surface area contributed by atoms with Gasteiger partial charge in [-0.25, -0.2) is 12.8 Å². The van der Waals surface area contributed by atoms with Crippen molar-refractivity contribution < 1.29 is 22.3 Å². The van der Waals surface area contributed by atoms with E-state index in [1.165, 1.54) is 35.7 Å². The molecular weight excluding hydrogens is 379 g/mol. The first kappa shape index (κ1) is 18.8. The third kappa shape index (κ3) is 3.89. The van der Waals surface area contributed by atoms with E-state index in [0.29, 0.717) is 37.2 Å². The highest BCUT2D eigenvalue weighted by molar-refractivity contribution is 7.91. The van der Waals surface area contributed by atoms with Crippen molar-refractivity contribution in [2.45, 2.75) is 23.1 Å². The fraction of sp³-hybridized carbons (Fsp3) is 0.353. The summed E-state index contributed by atoms with van der Waals surface area (Å²) in [6.45, 7) is 0.634. The maximum atomic E-state index is 12.9. The predicted molar refractivity (Wildman–Crippen MR) is 96.5 cm³/mol. The number of hydrogen-bond donors (Lipinski definition) is 1. The fourth-order valence-electron chi connectivity index (χ4n) is 2.85. The molecular formula is C17H19FN2O4S2. The van der Waals surface area contributed by atoms with Crippen molar-refractivity contribution >= 4 is 27.3 Å². The van der Waals surface area contributed by atoms with Crippen molar-refractivity contribution in [3.63, 3.8) is 0 Å². The largest absolute Gasteiger partial charge is 0.494 e. The lowest BCUT2D eigenvalue weighted by atomic mass is 10.1. The van der Waals surface area contributed by atoms with E-state index in [-0.39, 0.29) is 16.2 Å². The van der Waals surface area contributed by atoms with Gasteiger partial charge >= 0.3 is 0 Å². The third-order valence-electron chi connectivity index (χ3n) is 4.29. The zero-order chi connectivity index (χ0) is 18.7. The molecule has 140 valence electrons. The summed E-state index contributed by atoms with van der Waals surface area (Å²) >= 11 is 1.13. The molecule has 0 unspecified atom stereocenters. The third-order valence-corrected chi connectivity index (χ3v) is 7.61. The Bertz CT molecular complexity index is 872. The first-order chi connectivity index (χ1) is 12.4. The minimum absolute atomic E-state index is 0.121. The van der Waals surface area contributed by atoms with Crippen LogP contribution >= 0.6 is 11.3 Å². The monoisotopic (exact) mass is 398 g/mol. The van der Waals surface area contributed by atoms with Gasteiger partial charge in [-0.15, -0.1) is 11.3 Å². The maximum Gasteiger partial charge on any atom is 0.256 e. The summed E-state index contributed by atoms with van der Waals surface area (Å²) in [6, 6.07) is 6.83. The Kier molecular flexibility index (Phi) is 5.59. The molecule has 0 radical (unpaired) electrons. The average molecular weight is 398 g/mol. The van der Waals surface area contributed by atoms with Gasteiger partial charge in [-0.2, -0.15) is 4.31 Å². The van der Waals surface area contributed by atoms with Crippen molar-refractivity contribution in [1.82, 2.24) is 9.62 Å². The van der Waals surface area contributed by atoms with Crippen LogP contribution in [0.5, 0.6) is 5.75 Å². The molecule has 6 nitrogen and oxygen atoms in total. The molecule has 1 N–H and O–H groups in total. The van der Waals surface area contributed by atoms with Crippen molar-refractivity contribution in [3.05, 3.63) is 47.1 Å². The molecule has 1 fully saturated rings. The number of methoxy groups -OCH3 is 1. The molecule has 0 saturated carbocycles. The maximum absolute atomic E-state index is 12.9. The number of thiophene rings is 1. The molecule has 2 heterocycles. The number of halogens is 1. The van der Waals surface area contributed by atoms with Crippen LogP contribution in [0.1, 0.15) is 23.2 Å². The Balaban J connectivity index is 1.60. The van der Waals surface area contributed by atoms with Gasteiger partial charge in [0.05, 0.1) is 7.11 Å². The molecule has 9 heteroatoms. The van der Waals surface area contributed by atoms with Gasteiger partial charge in [-0.1, -0.05) is 0 Å². The summed E-state index contributed by atoms with van der Waals surface area (Å²) in [6.07, 6.45) is 1.03. The minimum atomic E-state index is -3.60. The normalized spacial score (nSPS) is 16.4. The second-order valence-electron chi connectivity index (χ2n) is 5.94. The van der Waals surface area contributed by atoms with Crippen LogP contribution in [0, 0.1) is 5.82 Å². The molecule has 1 aliphatic rings. The highest BCUT2D eigenvalue weighted by Crippen LogP contribution is 2.33. The van der Waals surface area contributed by atoms with Crippen LogP contribution in [-0.4, -0.2) is 44.9 Å². The minimum Gasteiger partial charge on any atom is -0.494 e. The van der Waals surface area contributed by atoms with Gasteiger partial charge in [0, 0.05) is 24.7 Å². The number of nitrogens with zero attached hydrogens (tertiary/aromatic N) is 1. The van der Waals surface area contributed by atoms with Crippen LogP contribution in [-0.2, 0) is 10.0 Å². The molecule has 1 saturated heterocycles. The molecule has 0 atom stereocenters. The summed E-state index contributed by atoms with van der Waals surface area (Å²) in [4.78, 5) is 12.2. The first-order valence-electron chi connectivity index (χ1n) is 8.10.